The van der Waals surface area contributed by atoms with Crippen molar-refractivity contribution < 1.29 is 9.53 Å². The summed E-state index contributed by atoms with van der Waals surface area (Å²) in [5.74, 6) is 1.64. The van der Waals surface area contributed by atoms with Crippen LogP contribution in [0.15, 0.2) is 42.7 Å². The zero-order valence-electron chi connectivity index (χ0n) is 17.2. The van der Waals surface area contributed by atoms with Crippen molar-refractivity contribution in [3.8, 4) is 5.75 Å². The highest BCUT2D eigenvalue weighted by Crippen LogP contribution is 2.25. The lowest BCUT2D eigenvalue weighted by Crippen LogP contribution is -2.40. The lowest BCUT2D eigenvalue weighted by atomic mass is 9.97. The second-order valence-corrected chi connectivity index (χ2v) is 8.15. The number of benzene rings is 1. The number of pyridine rings is 1. The van der Waals surface area contributed by atoms with Crippen LogP contribution in [0.3, 0.4) is 0 Å². The lowest BCUT2D eigenvalue weighted by molar-refractivity contribution is -0.132. The van der Waals surface area contributed by atoms with E-state index in [-0.39, 0.29) is 11.9 Å². The number of fused-ring (bicyclic) bond motifs is 1. The minimum atomic E-state index is 0.122. The minimum absolute atomic E-state index is 0.122. The molecule has 1 amide bonds. The van der Waals surface area contributed by atoms with Gasteiger partial charge in [-0.05, 0) is 66.1 Å². The first-order valence-electron chi connectivity index (χ1n) is 10.6. The van der Waals surface area contributed by atoms with E-state index in [0.717, 1.165) is 50.2 Å². The molecule has 158 valence electrons. The van der Waals surface area contributed by atoms with Crippen molar-refractivity contribution in [1.82, 2.24) is 14.8 Å². The highest BCUT2D eigenvalue weighted by molar-refractivity contribution is 5.78. The van der Waals surface area contributed by atoms with Crippen LogP contribution in [-0.2, 0) is 24.2 Å². The first-order valence-corrected chi connectivity index (χ1v) is 10.6. The van der Waals surface area contributed by atoms with Crippen molar-refractivity contribution in [3.63, 3.8) is 0 Å². The van der Waals surface area contributed by atoms with E-state index < -0.39 is 0 Å². The molecular weight excluding hydrogens is 378 g/mol. The predicted octanol–water partition coefficient (Wildman–Crippen LogP) is 2.19. The summed E-state index contributed by atoms with van der Waals surface area (Å²) >= 11 is 0. The van der Waals surface area contributed by atoms with Crippen LogP contribution in [0, 0.1) is 11.3 Å². The number of rotatable bonds is 5. The van der Waals surface area contributed by atoms with Crippen LogP contribution in [0.1, 0.15) is 29.5 Å². The van der Waals surface area contributed by atoms with E-state index in [1.54, 1.807) is 12.4 Å². The molecule has 3 N–H and O–H groups in total. The van der Waals surface area contributed by atoms with E-state index in [9.17, 15) is 4.79 Å². The van der Waals surface area contributed by atoms with Gasteiger partial charge < -0.3 is 20.3 Å². The number of piperidine rings is 1. The van der Waals surface area contributed by atoms with Crippen LogP contribution in [0.5, 0.6) is 5.75 Å². The van der Waals surface area contributed by atoms with Gasteiger partial charge in [0.15, 0.2) is 5.96 Å². The van der Waals surface area contributed by atoms with Gasteiger partial charge in [0.05, 0.1) is 13.0 Å². The van der Waals surface area contributed by atoms with Gasteiger partial charge in [0.25, 0.3) is 0 Å². The first kappa shape index (κ1) is 20.2. The highest BCUT2D eigenvalue weighted by atomic mass is 16.5. The molecule has 0 radical (unpaired) electrons. The predicted molar refractivity (Wildman–Crippen MR) is 115 cm³/mol. The van der Waals surface area contributed by atoms with Gasteiger partial charge in [-0.3, -0.25) is 15.2 Å². The van der Waals surface area contributed by atoms with Gasteiger partial charge in [-0.2, -0.15) is 0 Å². The molecule has 0 saturated carbocycles. The molecule has 1 aromatic heterocycles. The summed E-state index contributed by atoms with van der Waals surface area (Å²) in [6.07, 6.45) is 6.72. The molecule has 30 heavy (non-hydrogen) atoms. The van der Waals surface area contributed by atoms with Gasteiger partial charge in [0, 0.05) is 38.6 Å². The maximum absolute atomic E-state index is 12.5. The van der Waals surface area contributed by atoms with Crippen molar-refractivity contribution in [2.24, 2.45) is 11.7 Å². The molecule has 0 atom stereocenters. The summed E-state index contributed by atoms with van der Waals surface area (Å²) in [5.41, 5.74) is 9.14. The molecule has 0 bridgehead atoms. The third-order valence-electron chi connectivity index (χ3n) is 6.09. The third-order valence-corrected chi connectivity index (χ3v) is 6.09. The van der Waals surface area contributed by atoms with Crippen LogP contribution in [0.4, 0.5) is 0 Å². The maximum Gasteiger partial charge on any atom is 0.226 e. The monoisotopic (exact) mass is 407 g/mol. The number of likely N-dealkylation sites (tertiary alicyclic amines) is 1. The van der Waals surface area contributed by atoms with Crippen LogP contribution < -0.4 is 10.5 Å². The molecule has 7 nitrogen and oxygen atoms in total. The smallest absolute Gasteiger partial charge is 0.226 e. The second kappa shape index (κ2) is 9.15. The number of ether oxygens (including phenoxy) is 1. The van der Waals surface area contributed by atoms with Crippen molar-refractivity contribution in [2.75, 3.05) is 26.2 Å². The Balaban J connectivity index is 1.25. The molecule has 2 aromatic rings. The van der Waals surface area contributed by atoms with Crippen molar-refractivity contribution in [3.05, 3.63) is 59.4 Å². The molecule has 1 saturated heterocycles. The standard InChI is InChI=1S/C23H29N5O2/c24-23(25)28-12-7-19-1-2-21(14-20(19)15-28)30-16-18-5-10-27(11-6-18)22(29)13-17-3-8-26-9-4-17/h1-4,8-9,14,18H,5-7,10-13,15-16H2,(H3,24,25). The summed E-state index contributed by atoms with van der Waals surface area (Å²) in [7, 11) is 0. The van der Waals surface area contributed by atoms with E-state index in [1.807, 2.05) is 28.0 Å². The number of hydrogen-bond donors (Lipinski definition) is 2. The number of amides is 1. The molecule has 1 aromatic carbocycles. The first-order chi connectivity index (χ1) is 14.6. The van der Waals surface area contributed by atoms with E-state index >= 15 is 0 Å². The number of nitrogens with two attached hydrogens (primary N) is 1. The molecule has 4 rings (SSSR count). The number of hydrogen-bond acceptors (Lipinski definition) is 4. The van der Waals surface area contributed by atoms with Crippen LogP contribution in [0.25, 0.3) is 0 Å². The van der Waals surface area contributed by atoms with Crippen molar-refractivity contribution in [2.45, 2.75) is 32.2 Å². The molecule has 3 heterocycles. The van der Waals surface area contributed by atoms with Crippen LogP contribution in [0.2, 0.25) is 0 Å². The van der Waals surface area contributed by atoms with E-state index in [1.165, 1.54) is 11.1 Å². The largest absolute Gasteiger partial charge is 0.493 e. The average Bonchev–Trinajstić information content (AvgIpc) is 2.78. The van der Waals surface area contributed by atoms with Gasteiger partial charge in [0.1, 0.15) is 5.75 Å². The van der Waals surface area contributed by atoms with E-state index in [0.29, 0.717) is 25.5 Å². The fourth-order valence-corrected chi connectivity index (χ4v) is 4.18. The Bertz CT molecular complexity index is 894. The Labute approximate surface area is 177 Å². The molecule has 2 aliphatic rings. The lowest BCUT2D eigenvalue weighted by Gasteiger charge is -2.32. The summed E-state index contributed by atoms with van der Waals surface area (Å²) in [5, 5.41) is 7.65. The average molecular weight is 408 g/mol. The Morgan fingerprint density at radius 3 is 2.60 bits per heavy atom. The summed E-state index contributed by atoms with van der Waals surface area (Å²) in [6, 6.07) is 10.0. The topological polar surface area (TPSA) is 95.5 Å². The molecule has 2 aliphatic heterocycles. The number of nitrogens with one attached hydrogen (secondary N) is 1. The molecule has 0 aliphatic carbocycles. The highest BCUT2D eigenvalue weighted by Gasteiger charge is 2.24. The van der Waals surface area contributed by atoms with Gasteiger partial charge >= 0.3 is 0 Å². The zero-order valence-corrected chi connectivity index (χ0v) is 17.2. The van der Waals surface area contributed by atoms with Crippen molar-refractivity contribution in [1.29, 1.82) is 5.41 Å². The Hall–Kier alpha value is -3.09. The van der Waals surface area contributed by atoms with Gasteiger partial charge in [-0.25, -0.2) is 0 Å². The molecule has 1 fully saturated rings. The van der Waals surface area contributed by atoms with Gasteiger partial charge in [0.2, 0.25) is 5.91 Å². The maximum atomic E-state index is 12.5. The van der Waals surface area contributed by atoms with Crippen molar-refractivity contribution >= 4 is 11.9 Å². The summed E-state index contributed by atoms with van der Waals surface area (Å²) in [6.45, 7) is 3.70. The van der Waals surface area contributed by atoms with E-state index in [2.05, 4.69) is 17.1 Å². The SMILES string of the molecule is N=C(N)N1CCc2ccc(OCC3CCN(C(=O)Cc4ccncc4)CC3)cc2C1. The van der Waals surface area contributed by atoms with E-state index in [4.69, 9.17) is 15.9 Å². The molecule has 7 heteroatoms. The zero-order chi connectivity index (χ0) is 20.9. The second-order valence-electron chi connectivity index (χ2n) is 8.15. The Morgan fingerprint density at radius 2 is 1.87 bits per heavy atom. The fourth-order valence-electron chi connectivity index (χ4n) is 4.18. The van der Waals surface area contributed by atoms with Gasteiger partial charge in [-0.15, -0.1) is 0 Å². The number of aromatic nitrogens is 1. The normalized spacial score (nSPS) is 16.8. The minimum Gasteiger partial charge on any atom is -0.493 e. The Morgan fingerprint density at radius 1 is 1.10 bits per heavy atom. The Kier molecular flexibility index (Phi) is 6.16. The van der Waals surface area contributed by atoms with Gasteiger partial charge in [-0.1, -0.05) is 6.07 Å². The summed E-state index contributed by atoms with van der Waals surface area (Å²) in [4.78, 5) is 20.4. The third kappa shape index (κ3) is 4.90. The van der Waals surface area contributed by atoms with Crippen LogP contribution in [-0.4, -0.2) is 52.9 Å². The number of nitrogens with zero attached hydrogens (tertiary/aromatic N) is 3. The molecule has 0 spiro atoms. The quantitative estimate of drug-likeness (QED) is 0.585. The molecule has 0 unspecified atom stereocenters. The summed E-state index contributed by atoms with van der Waals surface area (Å²) < 4.78 is 6.08. The number of carbonyl (C=O) groups excluding carboxylic acids is 1. The fraction of sp³-hybridized carbons (Fsp3) is 0.435. The van der Waals surface area contributed by atoms with Crippen LogP contribution >= 0.6 is 0 Å². The number of guanidine groups is 1. The molecular formula is C23H29N5O2. The number of carbonyl (C=O) groups is 1.